The summed E-state index contributed by atoms with van der Waals surface area (Å²) in [5.41, 5.74) is 0. The van der Waals surface area contributed by atoms with Gasteiger partial charge in [0.1, 0.15) is 19.8 Å². The van der Waals surface area contributed by atoms with Gasteiger partial charge in [-0.3, -0.25) is 14.2 Å². The van der Waals surface area contributed by atoms with Crippen LogP contribution in [0.3, 0.4) is 0 Å². The molecule has 0 heterocycles. The van der Waals surface area contributed by atoms with Gasteiger partial charge in [0.05, 0.1) is 27.7 Å². The van der Waals surface area contributed by atoms with Crippen molar-refractivity contribution >= 4 is 19.8 Å². The van der Waals surface area contributed by atoms with E-state index >= 15 is 0 Å². The van der Waals surface area contributed by atoms with Gasteiger partial charge in [-0.15, -0.1) is 0 Å². The van der Waals surface area contributed by atoms with Gasteiger partial charge in [-0.25, -0.2) is 0 Å². The molecule has 0 saturated carbocycles. The number of ether oxygens (including phenoxy) is 2. The zero-order valence-electron chi connectivity index (χ0n) is 61.9. The molecule has 10 heteroatoms. The van der Waals surface area contributed by atoms with Crippen LogP contribution in [0.2, 0.25) is 0 Å². The zero-order valence-corrected chi connectivity index (χ0v) is 62.8. The van der Waals surface area contributed by atoms with Crippen LogP contribution < -0.4 is 4.89 Å². The molecule has 0 aromatic heterocycles. The van der Waals surface area contributed by atoms with Crippen LogP contribution in [0.25, 0.3) is 0 Å². The minimum absolute atomic E-state index is 0.0545. The summed E-state index contributed by atoms with van der Waals surface area (Å²) >= 11 is 0. The number of carbonyl (C=O) groups is 2. The van der Waals surface area contributed by atoms with Crippen LogP contribution >= 0.6 is 7.82 Å². The minimum atomic E-state index is -4.68. The Bertz CT molecular complexity index is 2610. The lowest BCUT2D eigenvalue weighted by Crippen LogP contribution is -2.37. The number of carbonyl (C=O) groups excluding carboxylic acids is 2. The van der Waals surface area contributed by atoms with Crippen molar-refractivity contribution < 1.29 is 42.1 Å². The van der Waals surface area contributed by atoms with E-state index in [1.54, 1.807) is 0 Å². The number of likely N-dealkylation sites (N-methyl/N-ethyl adjacent to an activating group) is 1. The summed E-state index contributed by atoms with van der Waals surface area (Å²) in [4.78, 5) is 38.1. The summed E-state index contributed by atoms with van der Waals surface area (Å²) in [6.45, 7) is 3.92. The third kappa shape index (κ3) is 78.5. The van der Waals surface area contributed by atoms with Crippen LogP contribution in [0.15, 0.2) is 255 Å². The average molecular weight is 1370 g/mol. The Labute approximate surface area is 599 Å². The van der Waals surface area contributed by atoms with E-state index in [1.165, 1.54) is 0 Å². The molecule has 9 nitrogen and oxygen atoms in total. The van der Waals surface area contributed by atoms with E-state index in [4.69, 9.17) is 18.5 Å². The molecule has 0 aliphatic rings. The molecule has 0 bridgehead atoms. The zero-order chi connectivity index (χ0) is 71.1. The first-order valence-corrected chi connectivity index (χ1v) is 38.9. The molecule has 0 aromatic carbocycles. The number of hydrogen-bond donors (Lipinski definition) is 0. The number of quaternary nitrogens is 1. The summed E-state index contributed by atoms with van der Waals surface area (Å²) in [5.74, 6) is -0.907. The number of phosphoric acid groups is 1. The quantitative estimate of drug-likeness (QED) is 0.0195. The van der Waals surface area contributed by atoms with Crippen molar-refractivity contribution in [1.29, 1.82) is 0 Å². The van der Waals surface area contributed by atoms with Gasteiger partial charge >= 0.3 is 11.9 Å². The number of nitrogens with zero attached hydrogens (tertiary/aromatic N) is 1. The lowest BCUT2D eigenvalue weighted by Gasteiger charge is -2.28. The molecule has 0 saturated heterocycles. The van der Waals surface area contributed by atoms with Crippen molar-refractivity contribution in [2.75, 3.05) is 47.5 Å². The first-order chi connectivity index (χ1) is 48.0. The van der Waals surface area contributed by atoms with Gasteiger partial charge in [-0.1, -0.05) is 301 Å². The Kier molecular flexibility index (Phi) is 69.8. The van der Waals surface area contributed by atoms with Gasteiger partial charge in [-0.2, -0.15) is 0 Å². The fourth-order valence-corrected chi connectivity index (χ4v) is 9.65. The maximum Gasteiger partial charge on any atom is 0.306 e. The van der Waals surface area contributed by atoms with Gasteiger partial charge in [0.2, 0.25) is 0 Å². The normalized spacial score (nSPS) is 14.6. The van der Waals surface area contributed by atoms with Crippen molar-refractivity contribution in [1.82, 2.24) is 0 Å². The molecule has 0 rings (SSSR count). The average Bonchev–Trinajstić information content (AvgIpc) is 1.23. The summed E-state index contributed by atoms with van der Waals surface area (Å²) in [6.07, 6.45) is 123. The fourth-order valence-electron chi connectivity index (χ4n) is 8.92. The Hall–Kier alpha value is -6.45. The van der Waals surface area contributed by atoms with Crippen LogP contribution in [0.4, 0.5) is 0 Å². The maximum absolute atomic E-state index is 12.9. The number of allylic oxidation sites excluding steroid dienone is 42. The predicted molar refractivity (Wildman–Crippen MR) is 424 cm³/mol. The predicted octanol–water partition coefficient (Wildman–Crippen LogP) is 24.6. The first-order valence-electron chi connectivity index (χ1n) is 37.4. The largest absolute Gasteiger partial charge is 0.756 e. The van der Waals surface area contributed by atoms with Gasteiger partial charge in [0, 0.05) is 12.8 Å². The van der Waals surface area contributed by atoms with Gasteiger partial charge in [0.15, 0.2) is 6.10 Å². The lowest BCUT2D eigenvalue weighted by molar-refractivity contribution is -0.870. The van der Waals surface area contributed by atoms with E-state index < -0.39 is 32.5 Å². The van der Waals surface area contributed by atoms with Crippen molar-refractivity contribution in [3.63, 3.8) is 0 Å². The highest BCUT2D eigenvalue weighted by atomic mass is 31.2. The molecular formula is C88H134NO8P. The minimum Gasteiger partial charge on any atom is -0.756 e. The molecule has 2 atom stereocenters. The second-order valence-corrected chi connectivity index (χ2v) is 26.2. The van der Waals surface area contributed by atoms with Crippen LogP contribution in [0.1, 0.15) is 232 Å². The molecule has 98 heavy (non-hydrogen) atoms. The van der Waals surface area contributed by atoms with E-state index in [0.717, 1.165) is 193 Å². The van der Waals surface area contributed by atoms with Crippen molar-refractivity contribution in [3.8, 4) is 0 Å². The van der Waals surface area contributed by atoms with Crippen LogP contribution in [-0.2, 0) is 32.7 Å². The summed E-state index contributed by atoms with van der Waals surface area (Å²) in [7, 11) is 1.10. The highest BCUT2D eigenvalue weighted by Crippen LogP contribution is 2.38. The van der Waals surface area contributed by atoms with E-state index in [2.05, 4.69) is 269 Å². The molecule has 544 valence electrons. The van der Waals surface area contributed by atoms with Crippen molar-refractivity contribution in [3.05, 3.63) is 255 Å². The van der Waals surface area contributed by atoms with E-state index in [-0.39, 0.29) is 26.1 Å². The summed E-state index contributed by atoms with van der Waals surface area (Å²) in [5, 5.41) is 0. The Balaban J connectivity index is 4.25. The third-order valence-corrected chi connectivity index (χ3v) is 15.5. The van der Waals surface area contributed by atoms with Crippen LogP contribution in [0, 0.1) is 0 Å². The summed E-state index contributed by atoms with van der Waals surface area (Å²) < 4.78 is 34.3. The van der Waals surface area contributed by atoms with E-state index in [0.29, 0.717) is 23.9 Å². The maximum atomic E-state index is 12.9. The van der Waals surface area contributed by atoms with Gasteiger partial charge < -0.3 is 27.9 Å². The van der Waals surface area contributed by atoms with Gasteiger partial charge in [0.25, 0.3) is 7.82 Å². The Morgan fingerprint density at radius 1 is 0.316 bits per heavy atom. The second kappa shape index (κ2) is 74.8. The number of hydrogen-bond acceptors (Lipinski definition) is 8. The first kappa shape index (κ1) is 91.5. The number of esters is 2. The molecule has 2 unspecified atom stereocenters. The number of unbranched alkanes of at least 4 members (excludes halogenated alkanes) is 9. The molecule has 0 fully saturated rings. The third-order valence-electron chi connectivity index (χ3n) is 14.6. The van der Waals surface area contributed by atoms with E-state index in [9.17, 15) is 19.0 Å². The molecule has 0 aliphatic carbocycles. The molecular weight excluding hydrogens is 1230 g/mol. The number of phosphoric ester groups is 1. The van der Waals surface area contributed by atoms with Crippen molar-refractivity contribution in [2.45, 2.75) is 238 Å². The molecule has 0 aliphatic heterocycles. The highest BCUT2D eigenvalue weighted by molar-refractivity contribution is 7.45. The molecule has 0 radical (unpaired) electrons. The molecule has 0 amide bonds. The highest BCUT2D eigenvalue weighted by Gasteiger charge is 2.22. The molecule has 0 N–H and O–H groups in total. The lowest BCUT2D eigenvalue weighted by atomic mass is 10.1. The molecule has 0 spiro atoms. The smallest absolute Gasteiger partial charge is 0.306 e. The van der Waals surface area contributed by atoms with Gasteiger partial charge in [-0.05, 0) is 173 Å². The number of rotatable bonds is 65. The monoisotopic (exact) mass is 1360 g/mol. The fraction of sp³-hybridized carbons (Fsp3) is 0.500. The second-order valence-electron chi connectivity index (χ2n) is 24.8. The van der Waals surface area contributed by atoms with Crippen LogP contribution in [0.5, 0.6) is 0 Å². The Morgan fingerprint density at radius 2 is 0.551 bits per heavy atom. The summed E-state index contributed by atoms with van der Waals surface area (Å²) in [6, 6.07) is 0. The topological polar surface area (TPSA) is 111 Å². The Morgan fingerprint density at radius 3 is 0.816 bits per heavy atom. The van der Waals surface area contributed by atoms with Crippen molar-refractivity contribution in [2.24, 2.45) is 0 Å². The van der Waals surface area contributed by atoms with E-state index in [1.807, 2.05) is 21.1 Å². The standard InChI is InChI=1S/C88H134NO8P/c1-6-8-10-12-14-16-18-20-22-24-26-28-30-32-34-36-38-40-42-43-44-45-47-49-51-53-55-57-59-61-63-65-67-69-71-73-75-77-79-81-88(91)97-86(85-96-98(92,93)95-83-82-89(3,4)5)84-94-87(90)80-78-76-74-72-70-68-66-64-62-60-58-56-54-52-50-48-46-41-39-37-35-33-31-29-27-25-23-21-19-17-15-13-11-9-7-2/h8-11,14-17,20-23,26-29,32-35,38-41,43-44,47-50,53-56,59-62,65-68,86H,6-7,12-13,18-19,24-25,30-31,36-37,42,45-46,51-52,57-58,63-64,69-85H2,1-5H3/b10-8-,11-9-,16-14-,17-15-,22-20-,23-21-,28-26-,29-27-,34-32-,35-33-,40-38-,41-39-,44-43-,49-47-,50-48-,55-53-,56-54-,61-59-,62-60-,67-65-,68-66-. The molecule has 0 aromatic rings. The van der Waals surface area contributed by atoms with Crippen LogP contribution in [-0.4, -0.2) is 70.0 Å². The SMILES string of the molecule is CC/C=C\C/C=C\C/C=C\C/C=C\C/C=C\C/C=C\C/C=C\C/C=C\C/C=C\C/C=C\C/C=C\CCCCCCCC(=O)OC(COC(=O)CCCCCC/C=C\C/C=C\C/C=C\C/C=C\C/C=C\C/C=C\C/C=C\C/C=C\C/C=C\C/C=C\CC)COP(=O)([O-])OCC[N+](C)(C)C.